The molecule has 1 saturated heterocycles. The molecule has 1 N–H and O–H groups in total. The lowest BCUT2D eigenvalue weighted by Crippen LogP contribution is -2.44. The first-order chi connectivity index (χ1) is 14.3. The van der Waals surface area contributed by atoms with Crippen LogP contribution in [0.25, 0.3) is 0 Å². The van der Waals surface area contributed by atoms with Crippen LogP contribution in [0.1, 0.15) is 28.8 Å². The Hall–Kier alpha value is -2.42. The summed E-state index contributed by atoms with van der Waals surface area (Å²) in [5.41, 5.74) is 1.23. The van der Waals surface area contributed by atoms with Crippen LogP contribution in [0.4, 0.5) is 5.69 Å². The summed E-state index contributed by atoms with van der Waals surface area (Å²) in [6.45, 7) is 0.473. The SMILES string of the molecule is COC(=O)c1ccccc1NC(=O)[C@H]1CCCN(S(=O)(=O)Cc2ccc(Cl)cc2)C1. The first-order valence-electron chi connectivity index (χ1n) is 9.50. The molecule has 1 aliphatic rings. The van der Waals surface area contributed by atoms with Gasteiger partial charge in [0.25, 0.3) is 0 Å². The number of carbonyl (C=O) groups excluding carboxylic acids is 2. The second-order valence-electron chi connectivity index (χ2n) is 7.11. The van der Waals surface area contributed by atoms with Gasteiger partial charge in [-0.15, -0.1) is 0 Å². The molecule has 1 aliphatic heterocycles. The molecule has 0 unspecified atom stereocenters. The van der Waals surface area contributed by atoms with Gasteiger partial charge < -0.3 is 10.1 Å². The number of methoxy groups -OCH3 is 1. The summed E-state index contributed by atoms with van der Waals surface area (Å²) in [5, 5.41) is 3.29. The van der Waals surface area contributed by atoms with Gasteiger partial charge in [-0.3, -0.25) is 4.79 Å². The number of benzene rings is 2. The van der Waals surface area contributed by atoms with Crippen LogP contribution in [0.2, 0.25) is 5.02 Å². The molecule has 0 aromatic heterocycles. The Kier molecular flexibility index (Phi) is 7.12. The summed E-state index contributed by atoms with van der Waals surface area (Å²) < 4.78 is 31.8. The first-order valence-corrected chi connectivity index (χ1v) is 11.5. The van der Waals surface area contributed by atoms with Crippen molar-refractivity contribution in [1.29, 1.82) is 0 Å². The number of ether oxygens (including phenoxy) is 1. The van der Waals surface area contributed by atoms with Crippen LogP contribution in [0.3, 0.4) is 0 Å². The number of sulfonamides is 1. The number of hydrogen-bond acceptors (Lipinski definition) is 5. The second kappa shape index (κ2) is 9.59. The lowest BCUT2D eigenvalue weighted by molar-refractivity contribution is -0.120. The standard InChI is InChI=1S/C21H23ClN2O5S/c1-29-21(26)18-6-2-3-7-19(18)23-20(25)16-5-4-12-24(13-16)30(27,28)14-15-8-10-17(22)11-9-15/h2-3,6-11,16H,4-5,12-14H2,1H3,(H,23,25)/t16-/m0/s1. The van der Waals surface area contributed by atoms with Gasteiger partial charge in [0.15, 0.2) is 0 Å². The maximum absolute atomic E-state index is 12.8. The van der Waals surface area contributed by atoms with Crippen molar-refractivity contribution in [3.63, 3.8) is 0 Å². The molecular weight excluding hydrogens is 428 g/mol. The molecular formula is C21H23ClN2O5S. The van der Waals surface area contributed by atoms with E-state index in [0.717, 1.165) is 0 Å². The Morgan fingerprint density at radius 3 is 2.57 bits per heavy atom. The smallest absolute Gasteiger partial charge is 0.339 e. The molecule has 2 aromatic rings. The molecule has 0 saturated carbocycles. The van der Waals surface area contributed by atoms with Crippen molar-refractivity contribution in [2.45, 2.75) is 18.6 Å². The highest BCUT2D eigenvalue weighted by Gasteiger charge is 2.32. The van der Waals surface area contributed by atoms with Gasteiger partial charge in [-0.1, -0.05) is 35.9 Å². The normalized spacial score (nSPS) is 17.3. The monoisotopic (exact) mass is 450 g/mol. The Morgan fingerprint density at radius 1 is 1.17 bits per heavy atom. The van der Waals surface area contributed by atoms with Crippen LogP contribution in [-0.4, -0.2) is 44.8 Å². The van der Waals surface area contributed by atoms with E-state index in [2.05, 4.69) is 5.32 Å². The maximum Gasteiger partial charge on any atom is 0.339 e. The molecule has 2 aromatic carbocycles. The minimum Gasteiger partial charge on any atom is -0.465 e. The van der Waals surface area contributed by atoms with Gasteiger partial charge in [0.05, 0.1) is 30.0 Å². The van der Waals surface area contributed by atoms with Gasteiger partial charge in [0, 0.05) is 18.1 Å². The number of hydrogen-bond donors (Lipinski definition) is 1. The Bertz CT molecular complexity index is 1020. The lowest BCUT2D eigenvalue weighted by Gasteiger charge is -2.31. The van der Waals surface area contributed by atoms with E-state index in [1.165, 1.54) is 11.4 Å². The summed E-state index contributed by atoms with van der Waals surface area (Å²) in [5.74, 6) is -1.53. The summed E-state index contributed by atoms with van der Waals surface area (Å²) in [4.78, 5) is 24.7. The molecule has 160 valence electrons. The number of nitrogens with one attached hydrogen (secondary N) is 1. The van der Waals surface area contributed by atoms with E-state index in [9.17, 15) is 18.0 Å². The van der Waals surface area contributed by atoms with Gasteiger partial charge in [0.1, 0.15) is 0 Å². The van der Waals surface area contributed by atoms with Crippen molar-refractivity contribution in [1.82, 2.24) is 4.31 Å². The van der Waals surface area contributed by atoms with E-state index in [0.29, 0.717) is 35.7 Å². The van der Waals surface area contributed by atoms with Crippen LogP contribution in [0.15, 0.2) is 48.5 Å². The first kappa shape index (κ1) is 22.3. The minimum absolute atomic E-state index is 0.0994. The fraction of sp³-hybridized carbons (Fsp3) is 0.333. The number of anilines is 1. The van der Waals surface area contributed by atoms with Gasteiger partial charge in [-0.25, -0.2) is 17.5 Å². The number of carbonyl (C=O) groups is 2. The van der Waals surface area contributed by atoms with Gasteiger partial charge >= 0.3 is 5.97 Å². The van der Waals surface area contributed by atoms with Crippen molar-refractivity contribution in [3.8, 4) is 0 Å². The summed E-state index contributed by atoms with van der Waals surface area (Å²) in [6.07, 6.45) is 1.15. The molecule has 1 heterocycles. The predicted molar refractivity (Wildman–Crippen MR) is 115 cm³/mol. The number of amides is 1. The van der Waals surface area contributed by atoms with Crippen LogP contribution in [0.5, 0.6) is 0 Å². The minimum atomic E-state index is -3.58. The highest BCUT2D eigenvalue weighted by Crippen LogP contribution is 2.24. The molecule has 0 radical (unpaired) electrons. The van der Waals surface area contributed by atoms with Gasteiger partial charge in [0.2, 0.25) is 15.9 Å². The Balaban J connectivity index is 1.69. The summed E-state index contributed by atoms with van der Waals surface area (Å²) in [7, 11) is -2.31. The summed E-state index contributed by atoms with van der Waals surface area (Å²) >= 11 is 5.86. The third-order valence-electron chi connectivity index (χ3n) is 5.00. The molecule has 1 atom stereocenters. The lowest BCUT2D eigenvalue weighted by atomic mass is 9.98. The van der Waals surface area contributed by atoms with Crippen molar-refractivity contribution >= 4 is 39.2 Å². The van der Waals surface area contributed by atoms with Crippen LogP contribution >= 0.6 is 11.6 Å². The third kappa shape index (κ3) is 5.38. The number of para-hydroxylation sites is 1. The maximum atomic E-state index is 12.8. The van der Waals surface area contributed by atoms with E-state index in [1.54, 1.807) is 48.5 Å². The average Bonchev–Trinajstić information content (AvgIpc) is 2.75. The zero-order valence-electron chi connectivity index (χ0n) is 16.5. The van der Waals surface area contributed by atoms with E-state index in [1.807, 2.05) is 0 Å². The summed E-state index contributed by atoms with van der Waals surface area (Å²) in [6, 6.07) is 13.2. The van der Waals surface area contributed by atoms with Crippen LogP contribution in [-0.2, 0) is 25.3 Å². The molecule has 0 bridgehead atoms. The molecule has 0 spiro atoms. The predicted octanol–water partition coefficient (Wildman–Crippen LogP) is 3.31. The molecule has 9 heteroatoms. The fourth-order valence-corrected chi connectivity index (χ4v) is 5.14. The molecule has 1 fully saturated rings. The molecule has 30 heavy (non-hydrogen) atoms. The number of esters is 1. The fourth-order valence-electron chi connectivity index (χ4n) is 3.41. The average molecular weight is 451 g/mol. The largest absolute Gasteiger partial charge is 0.465 e. The van der Waals surface area contributed by atoms with Crippen molar-refractivity contribution in [3.05, 3.63) is 64.7 Å². The molecule has 3 rings (SSSR count). The number of rotatable bonds is 6. The van der Waals surface area contributed by atoms with Gasteiger partial charge in [-0.05, 0) is 42.7 Å². The van der Waals surface area contributed by atoms with Crippen molar-refractivity contribution in [2.75, 3.05) is 25.5 Å². The Morgan fingerprint density at radius 2 is 1.87 bits per heavy atom. The highest BCUT2D eigenvalue weighted by molar-refractivity contribution is 7.88. The zero-order chi connectivity index (χ0) is 21.7. The van der Waals surface area contributed by atoms with Crippen molar-refractivity contribution < 1.29 is 22.7 Å². The van der Waals surface area contributed by atoms with E-state index in [-0.39, 0.29) is 23.8 Å². The third-order valence-corrected chi connectivity index (χ3v) is 7.07. The molecule has 1 amide bonds. The quantitative estimate of drug-likeness (QED) is 0.681. The Labute approximate surface area is 181 Å². The topological polar surface area (TPSA) is 92.8 Å². The van der Waals surface area contributed by atoms with E-state index < -0.39 is 21.9 Å². The molecule has 0 aliphatic carbocycles. The molecule has 7 nitrogen and oxygen atoms in total. The van der Waals surface area contributed by atoms with Crippen LogP contribution < -0.4 is 5.32 Å². The van der Waals surface area contributed by atoms with Gasteiger partial charge in [-0.2, -0.15) is 0 Å². The number of halogens is 1. The number of piperidine rings is 1. The number of nitrogens with zero attached hydrogens (tertiary/aromatic N) is 1. The van der Waals surface area contributed by atoms with Crippen molar-refractivity contribution in [2.24, 2.45) is 5.92 Å². The van der Waals surface area contributed by atoms with Crippen LogP contribution in [0, 0.1) is 5.92 Å². The van der Waals surface area contributed by atoms with E-state index >= 15 is 0 Å². The highest BCUT2D eigenvalue weighted by atomic mass is 35.5. The second-order valence-corrected chi connectivity index (χ2v) is 9.51. The zero-order valence-corrected chi connectivity index (χ0v) is 18.1. The van der Waals surface area contributed by atoms with E-state index in [4.69, 9.17) is 16.3 Å².